The fraction of sp³-hybridized carbons (Fsp3) is 0.385. The molecular formula is C39H38BrN3O4. The minimum absolute atomic E-state index is 0.176. The number of hydrogen-bond acceptors (Lipinski definition) is 5. The minimum Gasteiger partial charge on any atom is -0.371 e. The van der Waals surface area contributed by atoms with Crippen molar-refractivity contribution in [2.45, 2.75) is 84.7 Å². The maximum absolute atomic E-state index is 14.4. The fourth-order valence-corrected chi connectivity index (χ4v) is 9.43. The van der Waals surface area contributed by atoms with Crippen LogP contribution in [-0.4, -0.2) is 58.6 Å². The monoisotopic (exact) mass is 691 g/mol. The van der Waals surface area contributed by atoms with E-state index in [2.05, 4.69) is 20.8 Å². The van der Waals surface area contributed by atoms with Crippen LogP contribution in [0.4, 0.5) is 5.69 Å². The van der Waals surface area contributed by atoms with Gasteiger partial charge in [0.15, 0.2) is 0 Å². The van der Waals surface area contributed by atoms with Gasteiger partial charge in [-0.05, 0) is 80.0 Å². The van der Waals surface area contributed by atoms with E-state index in [1.54, 1.807) is 0 Å². The highest BCUT2D eigenvalue weighted by molar-refractivity contribution is 9.10. The largest absolute Gasteiger partial charge is 0.371 e. The molecule has 0 bridgehead atoms. The van der Waals surface area contributed by atoms with Crippen LogP contribution in [-0.2, 0) is 0 Å². The maximum atomic E-state index is 14.4. The van der Waals surface area contributed by atoms with Gasteiger partial charge < -0.3 is 4.90 Å². The second kappa shape index (κ2) is 11.0. The topological polar surface area (TPSA) is 78.0 Å². The number of nitrogens with zero attached hydrogens (tertiary/aromatic N) is 3. The summed E-state index contributed by atoms with van der Waals surface area (Å²) in [6, 6.07) is 11.3. The average molecular weight is 693 g/mol. The van der Waals surface area contributed by atoms with Crippen LogP contribution in [0.5, 0.6) is 0 Å². The highest BCUT2D eigenvalue weighted by atomic mass is 79.9. The summed E-state index contributed by atoms with van der Waals surface area (Å²) in [7, 11) is 0. The first-order chi connectivity index (χ1) is 22.8. The molecule has 0 spiro atoms. The predicted octanol–water partition coefficient (Wildman–Crippen LogP) is 9.06. The molecule has 5 aromatic rings. The van der Waals surface area contributed by atoms with Crippen LogP contribution in [0.15, 0.2) is 40.9 Å². The van der Waals surface area contributed by atoms with Crippen LogP contribution in [0.2, 0.25) is 0 Å². The summed E-state index contributed by atoms with van der Waals surface area (Å²) >= 11 is 3.86. The van der Waals surface area contributed by atoms with Crippen molar-refractivity contribution in [2.24, 2.45) is 0 Å². The lowest BCUT2D eigenvalue weighted by molar-refractivity contribution is 0.0514. The van der Waals surface area contributed by atoms with Crippen LogP contribution >= 0.6 is 15.9 Å². The molecule has 0 saturated carbocycles. The average Bonchev–Trinajstić information content (AvgIpc) is 3.09. The molecule has 47 heavy (non-hydrogen) atoms. The molecule has 0 aromatic heterocycles. The molecule has 0 unspecified atom stereocenters. The lowest BCUT2D eigenvalue weighted by Gasteiger charge is -2.37. The Morgan fingerprint density at radius 3 is 1.51 bits per heavy atom. The Hall–Kier alpha value is -4.04. The Kier molecular flexibility index (Phi) is 7.10. The first kappa shape index (κ1) is 30.3. The zero-order valence-electron chi connectivity index (χ0n) is 27.3. The Morgan fingerprint density at radius 1 is 0.553 bits per heavy atom. The summed E-state index contributed by atoms with van der Waals surface area (Å²) in [5.41, 5.74) is 3.17. The first-order valence-corrected chi connectivity index (χ1v) is 18.0. The van der Waals surface area contributed by atoms with E-state index in [4.69, 9.17) is 0 Å². The van der Waals surface area contributed by atoms with E-state index in [1.807, 2.05) is 64.1 Å². The van der Waals surface area contributed by atoms with Gasteiger partial charge in [-0.3, -0.25) is 29.0 Å². The van der Waals surface area contributed by atoms with Crippen LogP contribution in [0.1, 0.15) is 114 Å². The van der Waals surface area contributed by atoms with Crippen molar-refractivity contribution in [3.05, 3.63) is 63.1 Å². The van der Waals surface area contributed by atoms with E-state index in [0.29, 0.717) is 58.7 Å². The number of hydrogen-bond donors (Lipinski definition) is 0. The Labute approximate surface area is 282 Å². The number of carbonyl (C=O) groups excluding carboxylic acids is 4. The van der Waals surface area contributed by atoms with Crippen molar-refractivity contribution < 1.29 is 19.2 Å². The van der Waals surface area contributed by atoms with Crippen LogP contribution < -0.4 is 4.90 Å². The van der Waals surface area contributed by atoms with Crippen molar-refractivity contribution in [1.29, 1.82) is 0 Å². The second-order valence-electron chi connectivity index (χ2n) is 13.4. The second-order valence-corrected chi connectivity index (χ2v) is 14.2. The molecule has 3 aliphatic rings. The number of carbonyl (C=O) groups is 4. The molecule has 0 N–H and O–H groups in total. The fourth-order valence-electron chi connectivity index (χ4n) is 8.79. The van der Waals surface area contributed by atoms with Gasteiger partial charge in [-0.1, -0.05) is 55.8 Å². The molecule has 5 aromatic carbocycles. The van der Waals surface area contributed by atoms with Crippen molar-refractivity contribution in [2.75, 3.05) is 18.0 Å². The van der Waals surface area contributed by atoms with Crippen molar-refractivity contribution in [1.82, 2.24) is 9.80 Å². The summed E-state index contributed by atoms with van der Waals surface area (Å²) < 4.78 is 0.753. The van der Waals surface area contributed by atoms with E-state index in [1.165, 1.54) is 9.80 Å². The number of rotatable bonds is 7. The summed E-state index contributed by atoms with van der Waals surface area (Å²) in [6.45, 7) is 9.81. The number of piperidine rings is 1. The van der Waals surface area contributed by atoms with Gasteiger partial charge in [-0.25, -0.2) is 0 Å². The molecule has 3 aliphatic heterocycles. The smallest absolute Gasteiger partial charge is 0.261 e. The van der Waals surface area contributed by atoms with Crippen LogP contribution in [0, 0.1) is 0 Å². The lowest BCUT2D eigenvalue weighted by Crippen LogP contribution is -2.47. The molecule has 0 atom stereocenters. The van der Waals surface area contributed by atoms with Gasteiger partial charge in [0.05, 0.1) is 5.56 Å². The predicted molar refractivity (Wildman–Crippen MR) is 191 cm³/mol. The number of imide groups is 2. The molecule has 3 heterocycles. The Morgan fingerprint density at radius 2 is 1.00 bits per heavy atom. The summed E-state index contributed by atoms with van der Waals surface area (Å²) in [5, 5.41) is 6.86. The number of benzene rings is 5. The number of halogens is 1. The molecule has 0 radical (unpaired) electrons. The third kappa shape index (κ3) is 3.97. The molecule has 240 valence electrons. The standard InChI is InChI=1S/C39H38BrN3O4/c1-5-20(6-2)42-36(44)24-15-13-23-33-29(41-16-10-9-11-17-41)19-27-31-25(37(45)43(39(27)47)21(7-3)8-4)14-12-22(35(31)33)32-28(40)18-26(38(42)46)30(24)34(23)32/h12-15,18-21H,5-11,16-17H2,1-4H3. The molecule has 7 nitrogen and oxygen atoms in total. The van der Waals surface area contributed by atoms with Crippen LogP contribution in [0.3, 0.4) is 0 Å². The Balaban J connectivity index is 1.54. The number of anilines is 1. The summed E-state index contributed by atoms with van der Waals surface area (Å²) in [6.07, 6.45) is 6.04. The zero-order valence-corrected chi connectivity index (χ0v) is 28.9. The summed E-state index contributed by atoms with van der Waals surface area (Å²) in [5.74, 6) is -0.982. The third-order valence-corrected chi connectivity index (χ3v) is 11.8. The van der Waals surface area contributed by atoms with E-state index >= 15 is 0 Å². The van der Waals surface area contributed by atoms with E-state index in [0.717, 1.165) is 74.8 Å². The number of fused-ring (bicyclic) bond motifs is 2. The zero-order chi connectivity index (χ0) is 32.9. The third-order valence-electron chi connectivity index (χ3n) is 11.1. The quantitative estimate of drug-likeness (QED) is 0.0967. The molecule has 8 heteroatoms. The molecular weight excluding hydrogens is 654 g/mol. The summed E-state index contributed by atoms with van der Waals surface area (Å²) in [4.78, 5) is 62.1. The van der Waals surface area contributed by atoms with Crippen molar-refractivity contribution >= 4 is 88.3 Å². The minimum atomic E-state index is -0.259. The normalized spacial score (nSPS) is 17.0. The Bertz CT molecular complexity index is 2190. The van der Waals surface area contributed by atoms with E-state index < -0.39 is 0 Å². The molecule has 0 aliphatic carbocycles. The highest BCUT2D eigenvalue weighted by Crippen LogP contribution is 2.51. The van der Waals surface area contributed by atoms with Gasteiger partial charge in [-0.2, -0.15) is 0 Å². The van der Waals surface area contributed by atoms with Gasteiger partial charge in [0, 0.05) is 84.3 Å². The first-order valence-electron chi connectivity index (χ1n) is 17.2. The van der Waals surface area contributed by atoms with Gasteiger partial charge in [0.25, 0.3) is 23.6 Å². The molecule has 4 amide bonds. The van der Waals surface area contributed by atoms with Crippen LogP contribution in [0.25, 0.3) is 43.1 Å². The molecule has 8 rings (SSSR count). The van der Waals surface area contributed by atoms with Crippen molar-refractivity contribution in [3.8, 4) is 0 Å². The van der Waals surface area contributed by atoms with Gasteiger partial charge >= 0.3 is 0 Å². The van der Waals surface area contributed by atoms with Gasteiger partial charge in [-0.15, -0.1) is 0 Å². The van der Waals surface area contributed by atoms with E-state index in [-0.39, 0.29) is 35.7 Å². The van der Waals surface area contributed by atoms with Gasteiger partial charge in [0.1, 0.15) is 0 Å². The van der Waals surface area contributed by atoms with Gasteiger partial charge in [0.2, 0.25) is 0 Å². The lowest BCUT2D eigenvalue weighted by atomic mass is 9.81. The number of amides is 4. The highest BCUT2D eigenvalue weighted by Gasteiger charge is 2.41. The molecule has 1 saturated heterocycles. The molecule has 1 fully saturated rings. The van der Waals surface area contributed by atoms with Crippen molar-refractivity contribution in [3.63, 3.8) is 0 Å². The SMILES string of the molecule is CCC(CC)N1C(=O)c2ccc3c4c(N5CCCCC5)cc5c6c(ccc(c7c(Br)cc(c2c37)C1=O)c64)C(=O)N(C(CC)CC)C5=O. The maximum Gasteiger partial charge on any atom is 0.261 e. The van der Waals surface area contributed by atoms with E-state index in [9.17, 15) is 19.2 Å².